The van der Waals surface area contributed by atoms with Gasteiger partial charge < -0.3 is 20.1 Å². The van der Waals surface area contributed by atoms with E-state index < -0.39 is 0 Å². The molecule has 3 N–H and O–H groups in total. The van der Waals surface area contributed by atoms with Crippen molar-refractivity contribution in [1.82, 2.24) is 10.2 Å². The molecular formula is C17H18N4O3S. The fraction of sp³-hybridized carbons (Fsp3) is 0.176. The van der Waals surface area contributed by atoms with E-state index in [1.807, 2.05) is 24.4 Å². The fourth-order valence-electron chi connectivity index (χ4n) is 2.33. The average molecular weight is 358 g/mol. The number of nitrogens with one attached hydrogen (secondary N) is 3. The number of aromatic amines is 1. The van der Waals surface area contributed by atoms with Crippen molar-refractivity contribution in [2.45, 2.75) is 6.92 Å². The number of H-pyrrole nitrogens is 1. The van der Waals surface area contributed by atoms with E-state index >= 15 is 0 Å². The van der Waals surface area contributed by atoms with Crippen molar-refractivity contribution in [3.8, 4) is 22.1 Å². The number of anilines is 2. The van der Waals surface area contributed by atoms with Gasteiger partial charge in [-0.15, -0.1) is 11.3 Å². The van der Waals surface area contributed by atoms with Crippen molar-refractivity contribution in [3.63, 3.8) is 0 Å². The van der Waals surface area contributed by atoms with E-state index in [0.29, 0.717) is 28.6 Å². The van der Waals surface area contributed by atoms with Gasteiger partial charge in [0, 0.05) is 23.9 Å². The first kappa shape index (κ1) is 16.8. The number of hydrogen-bond donors (Lipinski definition) is 3. The number of rotatable bonds is 5. The molecule has 0 bridgehead atoms. The number of urea groups is 1. The highest BCUT2D eigenvalue weighted by atomic mass is 32.1. The van der Waals surface area contributed by atoms with Crippen LogP contribution in [-0.2, 0) is 0 Å². The molecule has 7 nitrogen and oxygen atoms in total. The molecule has 0 aliphatic rings. The van der Waals surface area contributed by atoms with E-state index in [2.05, 4.69) is 20.8 Å². The largest absolute Gasteiger partial charge is 0.497 e. The lowest BCUT2D eigenvalue weighted by Gasteiger charge is -2.11. The number of amides is 2. The second kappa shape index (κ2) is 7.27. The van der Waals surface area contributed by atoms with E-state index in [9.17, 15) is 4.79 Å². The normalized spacial score (nSPS) is 10.4. The van der Waals surface area contributed by atoms with E-state index in [4.69, 9.17) is 9.47 Å². The predicted molar refractivity (Wildman–Crippen MR) is 98.8 cm³/mol. The van der Waals surface area contributed by atoms with Gasteiger partial charge in [0.05, 0.1) is 30.5 Å². The first-order valence-corrected chi connectivity index (χ1v) is 8.38. The quantitative estimate of drug-likeness (QED) is 0.640. The zero-order valence-corrected chi connectivity index (χ0v) is 14.9. The highest BCUT2D eigenvalue weighted by Gasteiger charge is 2.16. The van der Waals surface area contributed by atoms with Crippen molar-refractivity contribution in [1.29, 1.82) is 0 Å². The molecule has 0 aliphatic carbocycles. The molecule has 0 fully saturated rings. The summed E-state index contributed by atoms with van der Waals surface area (Å²) < 4.78 is 10.4. The molecule has 1 aromatic carbocycles. The van der Waals surface area contributed by atoms with Crippen molar-refractivity contribution < 1.29 is 14.3 Å². The Morgan fingerprint density at radius 1 is 1.16 bits per heavy atom. The van der Waals surface area contributed by atoms with Crippen molar-refractivity contribution >= 4 is 28.7 Å². The summed E-state index contributed by atoms with van der Waals surface area (Å²) in [6.45, 7) is 1.86. The number of ether oxygens (including phenoxy) is 2. The molecule has 0 atom stereocenters. The Morgan fingerprint density at radius 2 is 1.88 bits per heavy atom. The lowest BCUT2D eigenvalue weighted by molar-refractivity contribution is 0.262. The minimum atomic E-state index is -0.377. The van der Waals surface area contributed by atoms with Gasteiger partial charge in [0.15, 0.2) is 0 Å². The molecule has 0 saturated heterocycles. The number of carbonyl (C=O) groups excluding carboxylic acids is 1. The summed E-state index contributed by atoms with van der Waals surface area (Å²) in [4.78, 5) is 13.4. The Balaban J connectivity index is 1.79. The Morgan fingerprint density at radius 3 is 2.48 bits per heavy atom. The smallest absolute Gasteiger partial charge is 0.323 e. The summed E-state index contributed by atoms with van der Waals surface area (Å²) in [5.41, 5.74) is 2.70. The highest BCUT2D eigenvalue weighted by Crippen LogP contribution is 2.32. The number of nitrogens with zero attached hydrogens (tertiary/aromatic N) is 1. The van der Waals surface area contributed by atoms with Crippen LogP contribution in [0.25, 0.3) is 10.6 Å². The zero-order valence-electron chi connectivity index (χ0n) is 14.0. The van der Waals surface area contributed by atoms with Gasteiger partial charge >= 0.3 is 6.03 Å². The second-order valence-electron chi connectivity index (χ2n) is 5.23. The van der Waals surface area contributed by atoms with Gasteiger partial charge in [-0.3, -0.25) is 5.10 Å². The first-order chi connectivity index (χ1) is 12.1. The number of hydrogen-bond acceptors (Lipinski definition) is 5. The molecule has 0 saturated carbocycles. The molecule has 130 valence electrons. The van der Waals surface area contributed by atoms with Gasteiger partial charge in [-0.2, -0.15) is 5.10 Å². The van der Waals surface area contributed by atoms with Crippen LogP contribution < -0.4 is 20.1 Å². The molecular weight excluding hydrogens is 340 g/mol. The van der Waals surface area contributed by atoms with Gasteiger partial charge in [-0.05, 0) is 18.4 Å². The summed E-state index contributed by atoms with van der Waals surface area (Å²) in [5, 5.41) is 14.8. The van der Waals surface area contributed by atoms with Crippen molar-refractivity contribution in [3.05, 3.63) is 41.4 Å². The number of aryl methyl sites for hydroxylation is 1. The van der Waals surface area contributed by atoms with Crippen molar-refractivity contribution in [2.24, 2.45) is 0 Å². The van der Waals surface area contributed by atoms with Crippen LogP contribution in [0.4, 0.5) is 16.2 Å². The predicted octanol–water partition coefficient (Wildman–Crippen LogP) is 4.11. The monoisotopic (exact) mass is 358 g/mol. The van der Waals surface area contributed by atoms with E-state index in [-0.39, 0.29) is 6.03 Å². The Kier molecular flexibility index (Phi) is 4.90. The van der Waals surface area contributed by atoms with Crippen LogP contribution in [-0.4, -0.2) is 30.4 Å². The third-order valence-corrected chi connectivity index (χ3v) is 4.43. The average Bonchev–Trinajstić information content (AvgIpc) is 3.25. The topological polar surface area (TPSA) is 88.3 Å². The van der Waals surface area contributed by atoms with Crippen LogP contribution in [0.2, 0.25) is 0 Å². The molecule has 0 spiro atoms. The number of aromatic nitrogens is 2. The maximum atomic E-state index is 12.4. The SMILES string of the molecule is COc1cc(NC(=O)Nc2c(-c3cccs3)n[nH]c2C)cc(OC)c1. The number of benzene rings is 1. The summed E-state index contributed by atoms with van der Waals surface area (Å²) >= 11 is 1.56. The van der Waals surface area contributed by atoms with Crippen LogP contribution in [0.3, 0.4) is 0 Å². The van der Waals surface area contributed by atoms with Crippen molar-refractivity contribution in [2.75, 3.05) is 24.9 Å². The Bertz CT molecular complexity index is 852. The molecule has 2 aromatic heterocycles. The van der Waals surface area contributed by atoms with Crippen LogP contribution in [0.5, 0.6) is 11.5 Å². The maximum absolute atomic E-state index is 12.4. The minimum absolute atomic E-state index is 0.377. The standard InChI is InChI=1S/C17H18N4O3S/c1-10-15(16(21-20-10)14-5-4-6-25-14)19-17(22)18-11-7-12(23-2)9-13(8-11)24-3/h4-9H,1-3H3,(H,20,21)(H2,18,19,22). The molecule has 0 aliphatic heterocycles. The number of carbonyl (C=O) groups is 1. The maximum Gasteiger partial charge on any atom is 0.323 e. The Labute approximate surface area is 149 Å². The van der Waals surface area contributed by atoms with Crippen LogP contribution in [0.1, 0.15) is 5.69 Å². The molecule has 2 heterocycles. The Hall–Kier alpha value is -3.00. The van der Waals surface area contributed by atoms with Gasteiger partial charge in [0.25, 0.3) is 0 Å². The third-order valence-electron chi connectivity index (χ3n) is 3.55. The molecule has 8 heteroatoms. The summed E-state index contributed by atoms with van der Waals surface area (Å²) in [7, 11) is 3.11. The third kappa shape index (κ3) is 3.74. The van der Waals surface area contributed by atoms with E-state index in [0.717, 1.165) is 10.6 Å². The van der Waals surface area contributed by atoms with Crippen LogP contribution in [0, 0.1) is 6.92 Å². The fourth-order valence-corrected chi connectivity index (χ4v) is 3.05. The molecule has 0 unspecified atom stereocenters. The second-order valence-corrected chi connectivity index (χ2v) is 6.18. The lowest BCUT2D eigenvalue weighted by Crippen LogP contribution is -2.20. The van der Waals surface area contributed by atoms with E-state index in [1.54, 1.807) is 43.8 Å². The first-order valence-electron chi connectivity index (χ1n) is 7.50. The van der Waals surface area contributed by atoms with Crippen LogP contribution >= 0.6 is 11.3 Å². The van der Waals surface area contributed by atoms with Gasteiger partial charge in [-0.1, -0.05) is 6.07 Å². The lowest BCUT2D eigenvalue weighted by atomic mass is 10.2. The number of thiophene rings is 1. The van der Waals surface area contributed by atoms with E-state index in [1.165, 1.54) is 0 Å². The summed E-state index contributed by atoms with van der Waals surface area (Å²) in [6, 6.07) is 8.68. The summed E-state index contributed by atoms with van der Waals surface area (Å²) in [6.07, 6.45) is 0. The van der Waals surface area contributed by atoms with Gasteiger partial charge in [0.1, 0.15) is 17.2 Å². The zero-order chi connectivity index (χ0) is 17.8. The molecule has 3 rings (SSSR count). The molecule has 3 aromatic rings. The molecule has 25 heavy (non-hydrogen) atoms. The molecule has 0 radical (unpaired) electrons. The summed E-state index contributed by atoms with van der Waals surface area (Å²) in [5.74, 6) is 1.18. The number of methoxy groups -OCH3 is 2. The molecule has 2 amide bonds. The highest BCUT2D eigenvalue weighted by molar-refractivity contribution is 7.13. The van der Waals surface area contributed by atoms with Gasteiger partial charge in [0.2, 0.25) is 0 Å². The van der Waals surface area contributed by atoms with Crippen LogP contribution in [0.15, 0.2) is 35.7 Å². The van der Waals surface area contributed by atoms with Gasteiger partial charge in [-0.25, -0.2) is 4.79 Å². The minimum Gasteiger partial charge on any atom is -0.497 e.